The van der Waals surface area contributed by atoms with E-state index in [9.17, 15) is 9.59 Å². The monoisotopic (exact) mass is 375 g/mol. The Kier molecular flexibility index (Phi) is 4.23. The molecule has 4 aromatic rings. The Labute approximate surface area is 160 Å². The molecule has 1 amide bonds. The molecule has 140 valence electrons. The molecule has 0 fully saturated rings. The van der Waals surface area contributed by atoms with Gasteiger partial charge in [-0.05, 0) is 36.8 Å². The molecule has 0 saturated heterocycles. The molecule has 4 rings (SSSR count). The third-order valence-electron chi connectivity index (χ3n) is 4.74. The number of nitrogen functional groups attached to an aromatic ring is 1. The average molecular weight is 375 g/mol. The number of amides is 1. The van der Waals surface area contributed by atoms with Crippen LogP contribution >= 0.6 is 0 Å². The van der Waals surface area contributed by atoms with Crippen LogP contribution in [0.15, 0.2) is 53.7 Å². The second kappa shape index (κ2) is 6.73. The summed E-state index contributed by atoms with van der Waals surface area (Å²) < 4.78 is 3.18. The van der Waals surface area contributed by atoms with Gasteiger partial charge in [-0.3, -0.25) is 19.0 Å². The summed E-state index contributed by atoms with van der Waals surface area (Å²) in [5.74, 6) is -0.120. The Morgan fingerprint density at radius 1 is 1.29 bits per heavy atom. The second-order valence-electron chi connectivity index (χ2n) is 6.50. The number of anilines is 1. The van der Waals surface area contributed by atoms with Crippen molar-refractivity contribution in [2.75, 3.05) is 12.8 Å². The van der Waals surface area contributed by atoms with Gasteiger partial charge in [0.1, 0.15) is 10.9 Å². The highest BCUT2D eigenvalue weighted by Gasteiger charge is 2.24. The Bertz CT molecular complexity index is 1280. The van der Waals surface area contributed by atoms with Crippen molar-refractivity contribution in [3.05, 3.63) is 76.0 Å². The molecule has 0 aromatic carbocycles. The highest BCUT2D eigenvalue weighted by atomic mass is 16.1. The van der Waals surface area contributed by atoms with E-state index in [1.807, 2.05) is 25.1 Å². The predicted octanol–water partition coefficient (Wildman–Crippen LogP) is 0.829. The first-order valence-electron chi connectivity index (χ1n) is 8.76. The third-order valence-corrected chi connectivity index (χ3v) is 4.74. The molecule has 0 aliphatic heterocycles. The van der Waals surface area contributed by atoms with Gasteiger partial charge in [-0.2, -0.15) is 0 Å². The van der Waals surface area contributed by atoms with Crippen molar-refractivity contribution in [3.63, 3.8) is 0 Å². The molecule has 0 aliphatic carbocycles. The van der Waals surface area contributed by atoms with Crippen LogP contribution in [0.25, 0.3) is 16.7 Å². The lowest BCUT2D eigenvalue weighted by Gasteiger charge is -2.12. The Morgan fingerprint density at radius 3 is 2.75 bits per heavy atom. The van der Waals surface area contributed by atoms with Crippen LogP contribution in [0.4, 0.5) is 5.82 Å². The molecule has 0 bridgehead atoms. The average Bonchev–Trinajstić information content (AvgIpc) is 2.71. The van der Waals surface area contributed by atoms with Gasteiger partial charge in [-0.25, -0.2) is 4.57 Å². The molecule has 0 saturated carbocycles. The van der Waals surface area contributed by atoms with Crippen LogP contribution in [0, 0.1) is 6.92 Å². The zero-order valence-electron chi connectivity index (χ0n) is 15.5. The maximum absolute atomic E-state index is 13.1. The van der Waals surface area contributed by atoms with Crippen molar-refractivity contribution in [1.29, 1.82) is 0 Å². The molecule has 0 unspecified atom stereocenters. The zero-order chi connectivity index (χ0) is 19.8. The number of hydrogen-bond acceptors (Lipinski definition) is 5. The van der Waals surface area contributed by atoms with Crippen molar-refractivity contribution in [2.45, 2.75) is 13.5 Å². The lowest BCUT2D eigenvalue weighted by molar-refractivity contribution is -0.649. The number of fused-ring (bicyclic) bond motifs is 2. The van der Waals surface area contributed by atoms with Crippen LogP contribution < -0.4 is 21.2 Å². The minimum Gasteiger partial charge on any atom is -0.355 e. The number of hydrogen-bond donors (Lipinski definition) is 2. The van der Waals surface area contributed by atoms with E-state index < -0.39 is 0 Å². The van der Waals surface area contributed by atoms with Gasteiger partial charge in [-0.15, -0.1) is 0 Å². The van der Waals surface area contributed by atoms with Crippen LogP contribution in [0.1, 0.15) is 21.5 Å². The summed E-state index contributed by atoms with van der Waals surface area (Å²) in [4.78, 5) is 34.3. The molecule has 4 heterocycles. The molecule has 3 N–H and O–H groups in total. The number of carbonyl (C=O) groups is 1. The van der Waals surface area contributed by atoms with Crippen LogP contribution in [0.5, 0.6) is 0 Å². The van der Waals surface area contributed by atoms with E-state index in [-0.39, 0.29) is 22.8 Å². The Morgan fingerprint density at radius 2 is 2.04 bits per heavy atom. The van der Waals surface area contributed by atoms with Gasteiger partial charge in [0.2, 0.25) is 11.5 Å². The maximum atomic E-state index is 13.1. The summed E-state index contributed by atoms with van der Waals surface area (Å²) >= 11 is 0. The lowest BCUT2D eigenvalue weighted by atomic mass is 10.1. The number of pyridine rings is 3. The Hall–Kier alpha value is -3.81. The van der Waals surface area contributed by atoms with E-state index >= 15 is 0 Å². The summed E-state index contributed by atoms with van der Waals surface area (Å²) in [5.41, 5.74) is 9.10. The number of nitrogens with two attached hydrogens (primary N) is 1. The largest absolute Gasteiger partial charge is 0.355 e. The normalized spacial score (nSPS) is 11.1. The Balaban J connectivity index is 2.12. The number of nitrogens with zero attached hydrogens (tertiary/aromatic N) is 4. The topological polar surface area (TPSA) is 106 Å². The van der Waals surface area contributed by atoms with E-state index in [1.54, 1.807) is 29.2 Å². The van der Waals surface area contributed by atoms with Crippen LogP contribution in [-0.4, -0.2) is 27.3 Å². The predicted molar refractivity (Wildman–Crippen MR) is 105 cm³/mol. The van der Waals surface area contributed by atoms with E-state index in [4.69, 9.17) is 10.7 Å². The lowest BCUT2D eigenvalue weighted by Crippen LogP contribution is -2.43. The van der Waals surface area contributed by atoms with Crippen molar-refractivity contribution in [3.8, 4) is 0 Å². The highest BCUT2D eigenvalue weighted by molar-refractivity contribution is 6.00. The van der Waals surface area contributed by atoms with Crippen LogP contribution in [0.2, 0.25) is 0 Å². The van der Waals surface area contributed by atoms with Crippen molar-refractivity contribution >= 4 is 28.4 Å². The number of aromatic nitrogens is 4. The van der Waals surface area contributed by atoms with Crippen LogP contribution in [-0.2, 0) is 6.54 Å². The molecular weight excluding hydrogens is 356 g/mol. The number of aryl methyl sites for hydroxylation is 1. The molecule has 0 spiro atoms. The molecule has 0 atom stereocenters. The third kappa shape index (κ3) is 2.75. The number of nitrogens with one attached hydrogen (secondary N) is 1. The fraction of sp³-hybridized carbons (Fsp3) is 0.150. The van der Waals surface area contributed by atoms with E-state index in [1.165, 1.54) is 17.5 Å². The summed E-state index contributed by atoms with van der Waals surface area (Å²) in [7, 11) is 1.52. The van der Waals surface area contributed by atoms with Crippen molar-refractivity contribution < 1.29 is 9.36 Å². The molecule has 0 radical (unpaired) electrons. The first-order chi connectivity index (χ1) is 13.5. The fourth-order valence-electron chi connectivity index (χ4n) is 3.26. The van der Waals surface area contributed by atoms with Gasteiger partial charge in [0.05, 0.1) is 6.54 Å². The SMILES string of the molecule is CNC(=O)c1cc2c(=O)n3cccc(C)c3nc2[n+](Cc2ccncc2)c1N. The highest BCUT2D eigenvalue weighted by Crippen LogP contribution is 2.16. The van der Waals surface area contributed by atoms with Crippen LogP contribution in [0.3, 0.4) is 0 Å². The van der Waals surface area contributed by atoms with Crippen molar-refractivity contribution in [2.24, 2.45) is 0 Å². The van der Waals surface area contributed by atoms with Gasteiger partial charge >= 0.3 is 0 Å². The van der Waals surface area contributed by atoms with Gasteiger partial charge in [0.25, 0.3) is 17.1 Å². The quantitative estimate of drug-likeness (QED) is 0.407. The molecule has 8 heteroatoms. The first kappa shape index (κ1) is 17.6. The zero-order valence-corrected chi connectivity index (χ0v) is 15.5. The smallest absolute Gasteiger partial charge is 0.278 e. The summed E-state index contributed by atoms with van der Waals surface area (Å²) in [6.07, 6.45) is 5.03. The number of carbonyl (C=O) groups excluding carboxylic acids is 1. The number of rotatable bonds is 3. The van der Waals surface area contributed by atoms with Gasteiger partial charge in [0.15, 0.2) is 0 Å². The maximum Gasteiger partial charge on any atom is 0.278 e. The molecule has 28 heavy (non-hydrogen) atoms. The molecule has 0 aliphatic rings. The summed E-state index contributed by atoms with van der Waals surface area (Å²) in [6, 6.07) is 8.90. The van der Waals surface area contributed by atoms with Gasteiger partial charge in [-0.1, -0.05) is 11.1 Å². The standard InChI is InChI=1S/C20H18N6O2/c1-12-4-3-9-25-17(12)24-18-15(20(25)28)10-14(19(27)22-2)16(21)26(18)11-13-5-7-23-8-6-13/h3-10,21H,11H2,1-2H3,(H,22,27)/p+1. The van der Waals surface area contributed by atoms with Gasteiger partial charge < -0.3 is 11.1 Å². The van der Waals surface area contributed by atoms with E-state index in [0.29, 0.717) is 23.2 Å². The first-order valence-corrected chi connectivity index (χ1v) is 8.76. The van der Waals surface area contributed by atoms with E-state index in [0.717, 1.165) is 11.1 Å². The van der Waals surface area contributed by atoms with Crippen molar-refractivity contribution in [1.82, 2.24) is 19.7 Å². The minimum atomic E-state index is -0.364. The molecule has 8 nitrogen and oxygen atoms in total. The minimum absolute atomic E-state index is 0.232. The summed E-state index contributed by atoms with van der Waals surface area (Å²) in [6.45, 7) is 2.24. The second-order valence-corrected chi connectivity index (χ2v) is 6.50. The molecule has 4 aromatic heterocycles. The summed E-state index contributed by atoms with van der Waals surface area (Å²) in [5, 5.41) is 2.90. The van der Waals surface area contributed by atoms with Gasteiger partial charge in [0, 0.05) is 31.2 Å². The fourth-order valence-corrected chi connectivity index (χ4v) is 3.26. The molecular formula is C20H19N6O2+. The van der Waals surface area contributed by atoms with E-state index in [2.05, 4.69) is 10.3 Å².